The van der Waals surface area contributed by atoms with E-state index in [1.165, 1.54) is 5.56 Å². The third kappa shape index (κ3) is 2.52. The minimum Gasteiger partial charge on any atom is -0.331 e. The van der Waals surface area contributed by atoms with E-state index in [-0.39, 0.29) is 5.91 Å². The lowest BCUT2D eigenvalue weighted by Gasteiger charge is -2.22. The van der Waals surface area contributed by atoms with Crippen molar-refractivity contribution in [2.75, 3.05) is 0 Å². The molecule has 0 saturated heterocycles. The highest BCUT2D eigenvalue weighted by Crippen LogP contribution is 2.30. The molecule has 0 atom stereocenters. The van der Waals surface area contributed by atoms with Crippen molar-refractivity contribution in [3.8, 4) is 0 Å². The summed E-state index contributed by atoms with van der Waals surface area (Å²) in [5.41, 5.74) is 2.69. The zero-order valence-corrected chi connectivity index (χ0v) is 11.0. The number of hydrogen-bond donors (Lipinski definition) is 1. The Kier molecular flexibility index (Phi) is 3.07. The number of aryl methyl sites for hydroxylation is 1. The number of aromatic amines is 1. The number of nitrogens with zero attached hydrogens (tertiary/aromatic N) is 2. The predicted molar refractivity (Wildman–Crippen MR) is 72.7 cm³/mol. The average molecular weight is 255 g/mol. The van der Waals surface area contributed by atoms with Crippen LogP contribution in [0.2, 0.25) is 0 Å². The highest BCUT2D eigenvalue weighted by molar-refractivity contribution is 5.95. The number of rotatable bonds is 4. The highest BCUT2D eigenvalue weighted by Gasteiger charge is 2.33. The Morgan fingerprint density at radius 3 is 2.68 bits per heavy atom. The maximum atomic E-state index is 12.6. The minimum atomic E-state index is 0.0811. The number of hydrogen-bond acceptors (Lipinski definition) is 2. The molecule has 0 aliphatic heterocycles. The smallest absolute Gasteiger partial charge is 0.257 e. The molecule has 1 amide bonds. The number of carbonyl (C=O) groups excluding carboxylic acids is 1. The van der Waals surface area contributed by atoms with E-state index in [0.29, 0.717) is 18.2 Å². The third-order valence-electron chi connectivity index (χ3n) is 3.50. The van der Waals surface area contributed by atoms with Crippen LogP contribution in [0, 0.1) is 6.92 Å². The number of benzene rings is 1. The lowest BCUT2D eigenvalue weighted by atomic mass is 10.1. The molecule has 1 N–H and O–H groups in total. The lowest BCUT2D eigenvalue weighted by molar-refractivity contribution is 0.0729. The second-order valence-corrected chi connectivity index (χ2v) is 5.06. The number of H-pyrrole nitrogens is 1. The van der Waals surface area contributed by atoms with Crippen molar-refractivity contribution in [3.05, 3.63) is 53.3 Å². The topological polar surface area (TPSA) is 49.0 Å². The van der Waals surface area contributed by atoms with E-state index in [1.54, 1.807) is 6.20 Å². The monoisotopic (exact) mass is 255 g/mol. The molecule has 1 saturated carbocycles. The van der Waals surface area contributed by atoms with Crippen LogP contribution in [0.4, 0.5) is 0 Å². The molecule has 0 spiro atoms. The summed E-state index contributed by atoms with van der Waals surface area (Å²) in [5, 5.41) is 6.77. The van der Waals surface area contributed by atoms with Crippen LogP contribution in [0.1, 0.15) is 34.5 Å². The molecule has 98 valence electrons. The zero-order chi connectivity index (χ0) is 13.2. The molecule has 1 aromatic carbocycles. The van der Waals surface area contributed by atoms with Gasteiger partial charge >= 0.3 is 0 Å². The van der Waals surface area contributed by atoms with Crippen molar-refractivity contribution >= 4 is 5.91 Å². The molecule has 19 heavy (non-hydrogen) atoms. The van der Waals surface area contributed by atoms with Gasteiger partial charge in [-0.05, 0) is 25.3 Å². The Balaban J connectivity index is 1.82. The fourth-order valence-corrected chi connectivity index (χ4v) is 2.25. The van der Waals surface area contributed by atoms with Gasteiger partial charge in [0, 0.05) is 18.3 Å². The van der Waals surface area contributed by atoms with Gasteiger partial charge in [0.1, 0.15) is 0 Å². The molecular weight excluding hydrogens is 238 g/mol. The SMILES string of the molecule is Cc1[nH]ncc1C(=O)N(Cc1ccccc1)C1CC1. The Morgan fingerprint density at radius 2 is 2.11 bits per heavy atom. The lowest BCUT2D eigenvalue weighted by Crippen LogP contribution is -2.32. The number of amides is 1. The first-order chi connectivity index (χ1) is 9.25. The van der Waals surface area contributed by atoms with Crippen LogP contribution in [0.15, 0.2) is 36.5 Å². The molecule has 0 radical (unpaired) electrons. The van der Waals surface area contributed by atoms with Crippen molar-refractivity contribution in [1.82, 2.24) is 15.1 Å². The van der Waals surface area contributed by atoms with Crippen molar-refractivity contribution in [3.63, 3.8) is 0 Å². The molecule has 0 unspecified atom stereocenters. The van der Waals surface area contributed by atoms with Gasteiger partial charge in [0.2, 0.25) is 0 Å². The molecule has 4 nitrogen and oxygen atoms in total. The van der Waals surface area contributed by atoms with Gasteiger partial charge in [-0.1, -0.05) is 30.3 Å². The van der Waals surface area contributed by atoms with Crippen LogP contribution in [0.25, 0.3) is 0 Å². The Labute approximate surface area is 112 Å². The first-order valence-electron chi connectivity index (χ1n) is 6.60. The number of carbonyl (C=O) groups is 1. The summed E-state index contributed by atoms with van der Waals surface area (Å²) in [5.74, 6) is 0.0811. The van der Waals surface area contributed by atoms with Crippen LogP contribution in [-0.4, -0.2) is 27.0 Å². The standard InChI is InChI=1S/C15H17N3O/c1-11-14(9-16-17-11)15(19)18(13-7-8-13)10-12-5-3-2-4-6-12/h2-6,9,13H,7-8,10H2,1H3,(H,16,17). The fraction of sp³-hybridized carbons (Fsp3) is 0.333. The van der Waals surface area contributed by atoms with Gasteiger partial charge in [-0.25, -0.2) is 0 Å². The van der Waals surface area contributed by atoms with E-state index in [4.69, 9.17) is 0 Å². The predicted octanol–water partition coefficient (Wildman–Crippen LogP) is 2.52. The van der Waals surface area contributed by atoms with Gasteiger partial charge in [-0.15, -0.1) is 0 Å². The Morgan fingerprint density at radius 1 is 1.37 bits per heavy atom. The van der Waals surface area contributed by atoms with Gasteiger partial charge in [-0.2, -0.15) is 5.10 Å². The molecule has 3 rings (SSSR count). The Bertz CT molecular complexity index is 572. The van der Waals surface area contributed by atoms with Crippen LogP contribution in [-0.2, 0) is 6.54 Å². The molecule has 2 aromatic rings. The number of nitrogens with one attached hydrogen (secondary N) is 1. The largest absolute Gasteiger partial charge is 0.331 e. The van der Waals surface area contributed by atoms with Gasteiger partial charge in [0.15, 0.2) is 0 Å². The van der Waals surface area contributed by atoms with Crippen LogP contribution < -0.4 is 0 Å². The van der Waals surface area contributed by atoms with Crippen molar-refractivity contribution < 1.29 is 4.79 Å². The van der Waals surface area contributed by atoms with Crippen molar-refractivity contribution in [2.24, 2.45) is 0 Å². The third-order valence-corrected chi connectivity index (χ3v) is 3.50. The molecule has 1 aliphatic carbocycles. The summed E-state index contributed by atoms with van der Waals surface area (Å²) >= 11 is 0. The van der Waals surface area contributed by atoms with E-state index < -0.39 is 0 Å². The molecular formula is C15H17N3O. The minimum absolute atomic E-state index is 0.0811. The van der Waals surface area contributed by atoms with Crippen molar-refractivity contribution in [2.45, 2.75) is 32.4 Å². The van der Waals surface area contributed by atoms with Gasteiger partial charge in [0.25, 0.3) is 5.91 Å². The maximum Gasteiger partial charge on any atom is 0.257 e. The highest BCUT2D eigenvalue weighted by atomic mass is 16.2. The molecule has 1 heterocycles. The average Bonchev–Trinajstić information content (AvgIpc) is 3.18. The maximum absolute atomic E-state index is 12.6. The van der Waals surface area contributed by atoms with Gasteiger partial charge in [0.05, 0.1) is 11.8 Å². The van der Waals surface area contributed by atoms with E-state index in [2.05, 4.69) is 22.3 Å². The number of aromatic nitrogens is 2. The summed E-state index contributed by atoms with van der Waals surface area (Å²) in [6.45, 7) is 2.56. The molecule has 1 aliphatic rings. The second kappa shape index (κ2) is 4.88. The van der Waals surface area contributed by atoms with Crippen LogP contribution in [0.3, 0.4) is 0 Å². The summed E-state index contributed by atoms with van der Waals surface area (Å²) < 4.78 is 0. The molecule has 4 heteroatoms. The van der Waals surface area contributed by atoms with E-state index in [0.717, 1.165) is 18.5 Å². The summed E-state index contributed by atoms with van der Waals surface area (Å²) in [4.78, 5) is 14.5. The molecule has 1 fully saturated rings. The molecule has 1 aromatic heterocycles. The van der Waals surface area contributed by atoms with E-state index in [9.17, 15) is 4.79 Å². The first kappa shape index (κ1) is 12.0. The van der Waals surface area contributed by atoms with Crippen molar-refractivity contribution in [1.29, 1.82) is 0 Å². The fourth-order valence-electron chi connectivity index (χ4n) is 2.25. The quantitative estimate of drug-likeness (QED) is 0.912. The first-order valence-corrected chi connectivity index (χ1v) is 6.60. The van der Waals surface area contributed by atoms with E-state index in [1.807, 2.05) is 30.0 Å². The summed E-state index contributed by atoms with van der Waals surface area (Å²) in [6, 6.07) is 10.5. The Hall–Kier alpha value is -2.10. The zero-order valence-electron chi connectivity index (χ0n) is 11.0. The van der Waals surface area contributed by atoms with Gasteiger partial charge in [-0.3, -0.25) is 9.89 Å². The summed E-state index contributed by atoms with van der Waals surface area (Å²) in [6.07, 6.45) is 3.84. The second-order valence-electron chi connectivity index (χ2n) is 5.06. The van der Waals surface area contributed by atoms with E-state index >= 15 is 0 Å². The molecule has 0 bridgehead atoms. The normalized spacial score (nSPS) is 14.4. The van der Waals surface area contributed by atoms with Gasteiger partial charge < -0.3 is 4.90 Å². The van der Waals surface area contributed by atoms with Crippen LogP contribution in [0.5, 0.6) is 0 Å². The van der Waals surface area contributed by atoms with Crippen LogP contribution >= 0.6 is 0 Å². The summed E-state index contributed by atoms with van der Waals surface area (Å²) in [7, 11) is 0.